The lowest BCUT2D eigenvalue weighted by atomic mass is 9.79. The molecular formula is C45H50F3N2O8S2+. The van der Waals surface area contributed by atoms with Gasteiger partial charge in [-0.15, -0.1) is 0 Å². The van der Waals surface area contributed by atoms with Gasteiger partial charge in [-0.2, -0.15) is 21.4 Å². The highest BCUT2D eigenvalue weighted by molar-refractivity contribution is 7.86. The monoisotopic (exact) mass is 867 g/mol. The molecular weight excluding hydrogens is 818 g/mol. The standard InChI is InChI=1S/C45H49F3N2O8S2/c1-6-7-20-49-37-16-12-28(24-41(51)52)23-33(37)44(2,3)39(49)18-13-29-10-8-11-30(42(29)43-35(47)25-31(46)26-36(43)48)14-19-40-45(4,5)34-27-32(60(56,57)58)15-17-38(34)50(40)21-9-22-59(53,54)55/h12-19,23,25-27H,6-11,20-22,24H2,1-5H3,(H2-,51,52,53,54,55,56,57,58)/p+1. The van der Waals surface area contributed by atoms with Crippen LogP contribution in [0.2, 0.25) is 0 Å². The second-order valence-corrected chi connectivity index (χ2v) is 19.6. The zero-order valence-electron chi connectivity index (χ0n) is 34.2. The van der Waals surface area contributed by atoms with Gasteiger partial charge in [-0.3, -0.25) is 13.9 Å². The van der Waals surface area contributed by atoms with Gasteiger partial charge in [0.25, 0.3) is 20.2 Å². The summed E-state index contributed by atoms with van der Waals surface area (Å²) in [5.74, 6) is -4.71. The van der Waals surface area contributed by atoms with Crippen LogP contribution in [0.1, 0.15) is 95.4 Å². The molecule has 3 aromatic carbocycles. The fourth-order valence-electron chi connectivity index (χ4n) is 8.75. The highest BCUT2D eigenvalue weighted by Gasteiger charge is 2.45. The summed E-state index contributed by atoms with van der Waals surface area (Å²) >= 11 is 0. The number of halogens is 3. The van der Waals surface area contributed by atoms with Crippen LogP contribution >= 0.6 is 0 Å². The van der Waals surface area contributed by atoms with Crippen molar-refractivity contribution in [1.29, 1.82) is 0 Å². The molecule has 0 unspecified atom stereocenters. The van der Waals surface area contributed by atoms with Crippen molar-refractivity contribution >= 4 is 48.9 Å². The third-order valence-electron chi connectivity index (χ3n) is 11.7. The number of hydrogen-bond donors (Lipinski definition) is 3. The molecule has 2 heterocycles. The molecule has 3 aliphatic rings. The number of anilines is 1. The van der Waals surface area contributed by atoms with Crippen LogP contribution in [0.4, 0.5) is 24.5 Å². The summed E-state index contributed by atoms with van der Waals surface area (Å²) in [5, 5.41) is 9.49. The molecule has 3 N–H and O–H groups in total. The van der Waals surface area contributed by atoms with Crippen LogP contribution in [0.5, 0.6) is 0 Å². The van der Waals surface area contributed by atoms with Crippen LogP contribution < -0.4 is 4.90 Å². The Kier molecular flexibility index (Phi) is 12.6. The van der Waals surface area contributed by atoms with Crippen molar-refractivity contribution in [3.8, 4) is 0 Å². The number of nitrogens with zero attached hydrogens (tertiary/aromatic N) is 2. The molecule has 10 nitrogen and oxygen atoms in total. The lowest BCUT2D eigenvalue weighted by Gasteiger charge is -2.28. The maximum atomic E-state index is 15.9. The second kappa shape index (κ2) is 16.9. The minimum atomic E-state index is -4.58. The first kappa shape index (κ1) is 44.7. The number of benzene rings is 3. The average molecular weight is 868 g/mol. The Hall–Kier alpha value is -4.83. The minimum Gasteiger partial charge on any atom is -0.481 e. The van der Waals surface area contributed by atoms with Gasteiger partial charge in [-0.25, -0.2) is 13.2 Å². The number of unbranched alkanes of at least 4 members (excludes halogenated alkanes) is 1. The maximum absolute atomic E-state index is 15.9. The fourth-order valence-corrected chi connectivity index (χ4v) is 9.75. The number of carboxylic acid groups (broad SMARTS) is 1. The van der Waals surface area contributed by atoms with E-state index in [2.05, 4.69) is 25.7 Å². The molecule has 0 spiro atoms. The van der Waals surface area contributed by atoms with Gasteiger partial charge in [0.1, 0.15) is 24.0 Å². The Bertz CT molecular complexity index is 2620. The van der Waals surface area contributed by atoms with Gasteiger partial charge in [0, 0.05) is 59.6 Å². The van der Waals surface area contributed by atoms with Crippen molar-refractivity contribution in [3.05, 3.63) is 129 Å². The third kappa shape index (κ3) is 9.09. The van der Waals surface area contributed by atoms with Crippen LogP contribution in [-0.4, -0.2) is 66.1 Å². The lowest BCUT2D eigenvalue weighted by molar-refractivity contribution is -0.437. The van der Waals surface area contributed by atoms with E-state index in [0.29, 0.717) is 71.6 Å². The maximum Gasteiger partial charge on any atom is 0.307 e. The first-order valence-electron chi connectivity index (χ1n) is 19.9. The van der Waals surface area contributed by atoms with E-state index in [1.165, 1.54) is 18.2 Å². The molecule has 3 aromatic rings. The zero-order valence-corrected chi connectivity index (χ0v) is 35.9. The van der Waals surface area contributed by atoms with E-state index in [9.17, 15) is 40.2 Å². The van der Waals surface area contributed by atoms with Gasteiger partial charge >= 0.3 is 5.97 Å². The molecule has 0 radical (unpaired) electrons. The number of carbonyl (C=O) groups is 1. The molecule has 0 atom stereocenters. The predicted octanol–water partition coefficient (Wildman–Crippen LogP) is 9.23. The van der Waals surface area contributed by atoms with Gasteiger partial charge in [-0.1, -0.05) is 51.5 Å². The number of fused-ring (bicyclic) bond motifs is 2. The molecule has 0 fully saturated rings. The third-order valence-corrected chi connectivity index (χ3v) is 13.3. The number of rotatable bonds is 14. The van der Waals surface area contributed by atoms with E-state index < -0.39 is 65.8 Å². The molecule has 0 bridgehead atoms. The van der Waals surface area contributed by atoms with Crippen LogP contribution in [0.3, 0.4) is 0 Å². The molecule has 1 aliphatic carbocycles. The predicted molar refractivity (Wildman–Crippen MR) is 226 cm³/mol. The van der Waals surface area contributed by atoms with Crippen molar-refractivity contribution in [2.45, 2.75) is 95.3 Å². The van der Waals surface area contributed by atoms with E-state index in [1.54, 1.807) is 16.7 Å². The van der Waals surface area contributed by atoms with Gasteiger partial charge in [0.2, 0.25) is 5.69 Å². The normalized spacial score (nSPS) is 18.9. The smallest absolute Gasteiger partial charge is 0.307 e. The molecule has 60 heavy (non-hydrogen) atoms. The van der Waals surface area contributed by atoms with E-state index in [-0.39, 0.29) is 29.9 Å². The number of allylic oxidation sites excluding steroid dienone is 8. The first-order chi connectivity index (χ1) is 28.0. The molecule has 0 saturated carbocycles. The van der Waals surface area contributed by atoms with Crippen LogP contribution in [0.15, 0.2) is 94.6 Å². The second-order valence-electron chi connectivity index (χ2n) is 16.6. The quantitative estimate of drug-likeness (QED) is 0.106. The van der Waals surface area contributed by atoms with Crippen molar-refractivity contribution in [3.63, 3.8) is 0 Å². The van der Waals surface area contributed by atoms with Crippen LogP contribution in [-0.2, 0) is 42.3 Å². The van der Waals surface area contributed by atoms with Crippen molar-refractivity contribution in [2.75, 3.05) is 23.7 Å². The molecule has 2 aliphatic heterocycles. The molecule has 0 amide bonds. The van der Waals surface area contributed by atoms with Crippen molar-refractivity contribution in [1.82, 2.24) is 0 Å². The Morgan fingerprint density at radius 1 is 0.867 bits per heavy atom. The summed E-state index contributed by atoms with van der Waals surface area (Å²) in [6.07, 6.45) is 10.4. The van der Waals surface area contributed by atoms with Gasteiger partial charge in [-0.05, 0) is 91.7 Å². The Morgan fingerprint density at radius 2 is 1.57 bits per heavy atom. The largest absolute Gasteiger partial charge is 0.481 e. The van der Waals surface area contributed by atoms with Gasteiger partial charge in [0.05, 0.1) is 28.0 Å². The SMILES string of the molecule is CCCCN1C(=CC=C2CCCC(C=CC3=[N+](CCCS(=O)(=O)O)c4ccc(S(=O)(=O)O)cc4C3(C)C)=C2c2c(F)cc(F)cc2F)C(C)(C)c2cc(CC(=O)O)ccc21. The summed E-state index contributed by atoms with van der Waals surface area (Å²) in [6, 6.07) is 11.1. The molecule has 320 valence electrons. The van der Waals surface area contributed by atoms with Crippen molar-refractivity contribution in [2.24, 2.45) is 0 Å². The summed E-state index contributed by atoms with van der Waals surface area (Å²) in [7, 11) is -8.88. The zero-order chi connectivity index (χ0) is 43.9. The Labute approximate surface area is 349 Å². The number of carboxylic acids is 1. The fraction of sp³-hybridized carbons (Fsp3) is 0.378. The van der Waals surface area contributed by atoms with Crippen molar-refractivity contribution < 1.29 is 53.6 Å². The first-order valence-corrected chi connectivity index (χ1v) is 22.9. The van der Waals surface area contributed by atoms with E-state index >= 15 is 8.78 Å². The molecule has 0 aromatic heterocycles. The number of aliphatic carboxylic acids is 1. The summed E-state index contributed by atoms with van der Waals surface area (Å²) < 4.78 is 115. The van der Waals surface area contributed by atoms with E-state index in [0.717, 1.165) is 29.8 Å². The van der Waals surface area contributed by atoms with Gasteiger partial charge < -0.3 is 10.0 Å². The number of hydrogen-bond acceptors (Lipinski definition) is 6. The van der Waals surface area contributed by atoms with E-state index in [1.807, 2.05) is 44.2 Å². The summed E-state index contributed by atoms with van der Waals surface area (Å²) in [6.45, 7) is 10.6. The minimum absolute atomic E-state index is 0.00358. The average Bonchev–Trinajstić information content (AvgIpc) is 3.48. The topological polar surface area (TPSA) is 152 Å². The Balaban J connectivity index is 1.52. The molecule has 0 saturated heterocycles. The molecule has 6 rings (SSSR count). The Morgan fingerprint density at radius 3 is 2.20 bits per heavy atom. The van der Waals surface area contributed by atoms with E-state index in [4.69, 9.17) is 0 Å². The van der Waals surface area contributed by atoms with Crippen LogP contribution in [0, 0.1) is 17.5 Å². The van der Waals surface area contributed by atoms with Crippen LogP contribution in [0.25, 0.3) is 5.57 Å². The highest BCUT2D eigenvalue weighted by Crippen LogP contribution is 2.49. The lowest BCUT2D eigenvalue weighted by Crippen LogP contribution is -2.28. The highest BCUT2D eigenvalue weighted by atomic mass is 32.2. The molecule has 15 heteroatoms. The van der Waals surface area contributed by atoms with Gasteiger partial charge in [0.15, 0.2) is 5.71 Å². The summed E-state index contributed by atoms with van der Waals surface area (Å²) in [4.78, 5) is 13.5. The summed E-state index contributed by atoms with van der Waals surface area (Å²) in [5.41, 5.74) is 4.66.